The van der Waals surface area contributed by atoms with Gasteiger partial charge in [0.15, 0.2) is 5.13 Å². The van der Waals surface area contributed by atoms with Crippen LogP contribution in [0.15, 0.2) is 0 Å². The number of rotatable bonds is 4. The quantitative estimate of drug-likeness (QED) is 0.855. The second-order valence-corrected chi connectivity index (χ2v) is 6.70. The number of aliphatic carboxylic acids is 1. The first-order valence-electron chi connectivity index (χ1n) is 7.49. The summed E-state index contributed by atoms with van der Waals surface area (Å²) in [4.78, 5) is 21.6. The second-order valence-electron chi connectivity index (χ2n) is 5.64. The maximum Gasteiger partial charge on any atom is 0.312 e. The third-order valence-electron chi connectivity index (χ3n) is 4.30. The molecule has 2 aliphatic rings. The van der Waals surface area contributed by atoms with Gasteiger partial charge < -0.3 is 15.1 Å². The predicted octanol–water partition coefficient (Wildman–Crippen LogP) is 0.762. The molecule has 0 aromatic carbocycles. The van der Waals surface area contributed by atoms with Crippen LogP contribution in [-0.2, 0) is 11.2 Å². The minimum absolute atomic E-state index is 0.200. The van der Waals surface area contributed by atoms with E-state index in [4.69, 9.17) is 5.11 Å². The van der Waals surface area contributed by atoms with E-state index in [0.717, 1.165) is 61.3 Å². The van der Waals surface area contributed by atoms with Gasteiger partial charge in [-0.05, 0) is 19.3 Å². The highest BCUT2D eigenvalue weighted by molar-refractivity contribution is 7.15. The molecule has 0 amide bonds. The number of hydrogen-bond donors (Lipinski definition) is 2. The lowest BCUT2D eigenvalue weighted by Gasteiger charge is -2.34. The molecule has 1 aromatic rings. The molecule has 0 saturated carbocycles. The summed E-state index contributed by atoms with van der Waals surface area (Å²) in [6.07, 6.45) is 2.60. The first kappa shape index (κ1) is 14.7. The van der Waals surface area contributed by atoms with Crippen LogP contribution in [0.5, 0.6) is 0 Å². The molecule has 1 aliphatic carbocycles. The molecule has 2 heterocycles. The summed E-state index contributed by atoms with van der Waals surface area (Å²) in [6.45, 7) is 4.56. The molecule has 0 spiro atoms. The Balaban J connectivity index is 1.72. The fraction of sp³-hybridized carbons (Fsp3) is 0.714. The number of nitrogens with zero attached hydrogens (tertiary/aromatic N) is 3. The molecule has 2 N–H and O–H groups in total. The van der Waals surface area contributed by atoms with Gasteiger partial charge in [-0.15, -0.1) is 11.3 Å². The molecule has 21 heavy (non-hydrogen) atoms. The van der Waals surface area contributed by atoms with Crippen LogP contribution in [0.3, 0.4) is 0 Å². The Labute approximate surface area is 128 Å². The summed E-state index contributed by atoms with van der Waals surface area (Å²) in [7, 11) is 0. The number of carboxylic acids is 1. The van der Waals surface area contributed by atoms with E-state index >= 15 is 0 Å². The van der Waals surface area contributed by atoms with Gasteiger partial charge in [0, 0.05) is 37.6 Å². The monoisotopic (exact) mass is 311 g/mol. The van der Waals surface area contributed by atoms with Crippen LogP contribution in [0.25, 0.3) is 0 Å². The van der Waals surface area contributed by atoms with Crippen LogP contribution in [0.1, 0.15) is 29.3 Å². The number of aromatic nitrogens is 1. The normalized spacial score (nSPS) is 23.1. The number of aliphatic hydroxyl groups excluding tert-OH is 1. The van der Waals surface area contributed by atoms with Gasteiger partial charge in [-0.1, -0.05) is 0 Å². The number of anilines is 1. The van der Waals surface area contributed by atoms with E-state index in [1.807, 2.05) is 0 Å². The molecule has 1 aromatic heterocycles. The molecule has 1 aliphatic heterocycles. The van der Waals surface area contributed by atoms with Crippen molar-refractivity contribution in [2.45, 2.75) is 25.2 Å². The van der Waals surface area contributed by atoms with E-state index in [-0.39, 0.29) is 6.61 Å². The van der Waals surface area contributed by atoms with Crippen molar-refractivity contribution in [1.29, 1.82) is 0 Å². The first-order valence-corrected chi connectivity index (χ1v) is 8.31. The third kappa shape index (κ3) is 3.04. The number of aryl methyl sites for hydroxylation is 1. The fourth-order valence-corrected chi connectivity index (χ4v) is 4.30. The Morgan fingerprint density at radius 3 is 2.76 bits per heavy atom. The van der Waals surface area contributed by atoms with E-state index in [2.05, 4.69) is 14.8 Å². The van der Waals surface area contributed by atoms with Gasteiger partial charge in [0.2, 0.25) is 0 Å². The first-order chi connectivity index (χ1) is 10.2. The lowest BCUT2D eigenvalue weighted by atomic mass is 9.91. The highest BCUT2D eigenvalue weighted by Gasteiger charge is 2.31. The van der Waals surface area contributed by atoms with Gasteiger partial charge >= 0.3 is 5.97 Å². The van der Waals surface area contributed by atoms with E-state index in [1.54, 1.807) is 11.3 Å². The minimum Gasteiger partial charge on any atom is -0.481 e. The molecule has 1 unspecified atom stereocenters. The highest BCUT2D eigenvalue weighted by atomic mass is 32.1. The maximum atomic E-state index is 11.3. The van der Waals surface area contributed by atoms with Gasteiger partial charge in [0.05, 0.1) is 12.3 Å². The SMILES string of the molecule is O=C(O)C1CCCc2sc(N3CCN(CCO)CC3)nc21. The van der Waals surface area contributed by atoms with Crippen molar-refractivity contribution < 1.29 is 15.0 Å². The van der Waals surface area contributed by atoms with Gasteiger partial charge in [0.25, 0.3) is 0 Å². The van der Waals surface area contributed by atoms with E-state index < -0.39 is 11.9 Å². The van der Waals surface area contributed by atoms with Crippen LogP contribution in [0.4, 0.5) is 5.13 Å². The predicted molar refractivity (Wildman–Crippen MR) is 81.2 cm³/mol. The number of piperazine rings is 1. The Morgan fingerprint density at radius 2 is 2.10 bits per heavy atom. The van der Waals surface area contributed by atoms with Crippen molar-refractivity contribution in [3.8, 4) is 0 Å². The number of aliphatic hydroxyl groups is 1. The molecule has 3 rings (SSSR count). The Bertz CT molecular complexity index is 512. The summed E-state index contributed by atoms with van der Waals surface area (Å²) in [6, 6.07) is 0. The molecule has 1 saturated heterocycles. The molecule has 1 atom stereocenters. The average Bonchev–Trinajstić information content (AvgIpc) is 2.92. The number of thiazole rings is 1. The topological polar surface area (TPSA) is 76.9 Å². The smallest absolute Gasteiger partial charge is 0.312 e. The zero-order valence-corrected chi connectivity index (χ0v) is 12.8. The number of hydrogen-bond acceptors (Lipinski definition) is 6. The van der Waals surface area contributed by atoms with Gasteiger partial charge in [0.1, 0.15) is 5.92 Å². The van der Waals surface area contributed by atoms with Gasteiger partial charge in [-0.2, -0.15) is 0 Å². The van der Waals surface area contributed by atoms with E-state index in [0.29, 0.717) is 6.42 Å². The highest BCUT2D eigenvalue weighted by Crippen LogP contribution is 2.38. The largest absolute Gasteiger partial charge is 0.481 e. The van der Waals surface area contributed by atoms with Crippen molar-refractivity contribution in [2.75, 3.05) is 44.2 Å². The number of carboxylic acid groups (broad SMARTS) is 1. The molecule has 7 heteroatoms. The van der Waals surface area contributed by atoms with Crippen molar-refractivity contribution in [3.05, 3.63) is 10.6 Å². The summed E-state index contributed by atoms with van der Waals surface area (Å²) in [5.74, 6) is -1.17. The number of carbonyl (C=O) groups is 1. The molecule has 6 nitrogen and oxygen atoms in total. The van der Waals surface area contributed by atoms with E-state index in [1.165, 1.54) is 0 Å². The van der Waals surface area contributed by atoms with Crippen LogP contribution >= 0.6 is 11.3 Å². The Morgan fingerprint density at radius 1 is 1.33 bits per heavy atom. The van der Waals surface area contributed by atoms with Gasteiger partial charge in [-0.25, -0.2) is 4.98 Å². The Hall–Kier alpha value is -1.18. The van der Waals surface area contributed by atoms with Crippen LogP contribution < -0.4 is 4.90 Å². The Kier molecular flexibility index (Phi) is 4.42. The molecule has 116 valence electrons. The molecular formula is C14H21N3O3S. The fourth-order valence-electron chi connectivity index (χ4n) is 3.09. The molecule has 0 bridgehead atoms. The summed E-state index contributed by atoms with van der Waals surface area (Å²) in [5, 5.41) is 19.3. The molecule has 1 fully saturated rings. The van der Waals surface area contributed by atoms with Crippen molar-refractivity contribution in [2.24, 2.45) is 0 Å². The van der Waals surface area contributed by atoms with Crippen molar-refractivity contribution in [1.82, 2.24) is 9.88 Å². The summed E-state index contributed by atoms with van der Waals surface area (Å²) < 4.78 is 0. The molecular weight excluding hydrogens is 290 g/mol. The van der Waals surface area contributed by atoms with Crippen molar-refractivity contribution >= 4 is 22.4 Å². The zero-order chi connectivity index (χ0) is 14.8. The lowest BCUT2D eigenvalue weighted by molar-refractivity contribution is -0.139. The third-order valence-corrected chi connectivity index (χ3v) is 5.49. The lowest BCUT2D eigenvalue weighted by Crippen LogP contribution is -2.47. The number of fused-ring (bicyclic) bond motifs is 1. The van der Waals surface area contributed by atoms with Crippen LogP contribution in [0, 0.1) is 0 Å². The second kappa shape index (κ2) is 6.29. The average molecular weight is 311 g/mol. The molecule has 0 radical (unpaired) electrons. The van der Waals surface area contributed by atoms with Crippen LogP contribution in [-0.4, -0.2) is 65.4 Å². The van der Waals surface area contributed by atoms with Crippen molar-refractivity contribution in [3.63, 3.8) is 0 Å². The zero-order valence-electron chi connectivity index (χ0n) is 12.0. The minimum atomic E-state index is -0.749. The van der Waals surface area contributed by atoms with E-state index in [9.17, 15) is 9.90 Å². The summed E-state index contributed by atoms with van der Waals surface area (Å²) >= 11 is 1.66. The van der Waals surface area contributed by atoms with Gasteiger partial charge in [-0.3, -0.25) is 9.69 Å². The maximum absolute atomic E-state index is 11.3. The standard InChI is InChI=1S/C14H21N3O3S/c18-9-8-16-4-6-17(7-5-16)14-15-12-10(13(19)20)2-1-3-11(12)21-14/h10,18H,1-9H2,(H,19,20). The summed E-state index contributed by atoms with van der Waals surface area (Å²) in [5.41, 5.74) is 0.798. The van der Waals surface area contributed by atoms with Crippen LogP contribution in [0.2, 0.25) is 0 Å². The number of β-amino-alcohol motifs (C(OH)–C–C–N with tert-alkyl or cyclic N) is 1.